The molecule has 0 N–H and O–H groups in total. The van der Waals surface area contributed by atoms with E-state index in [1.165, 1.54) is 27.0 Å². The number of ether oxygens (including phenoxy) is 1. The van der Waals surface area contributed by atoms with Gasteiger partial charge in [0.05, 0.1) is 0 Å². The molecule has 0 saturated heterocycles. The zero-order chi connectivity index (χ0) is 7.23. The summed E-state index contributed by atoms with van der Waals surface area (Å²) in [5.41, 5.74) is 0. The summed E-state index contributed by atoms with van der Waals surface area (Å²) in [4.78, 5) is 0. The van der Waals surface area contributed by atoms with Gasteiger partial charge in [-0.3, -0.25) is 0 Å². The third-order valence-corrected chi connectivity index (χ3v) is 1.80. The van der Waals surface area contributed by atoms with Gasteiger partial charge < -0.3 is 0 Å². The summed E-state index contributed by atoms with van der Waals surface area (Å²) in [5.74, 6) is 0.983. The quantitative estimate of drug-likeness (QED) is 0.726. The van der Waals surface area contributed by atoms with E-state index in [0.29, 0.717) is 0 Å². The Morgan fingerprint density at radius 1 is 1.20 bits per heavy atom. The van der Waals surface area contributed by atoms with E-state index in [4.69, 9.17) is 4.74 Å². The summed E-state index contributed by atoms with van der Waals surface area (Å²) < 4.78 is 6.58. The van der Waals surface area contributed by atoms with Gasteiger partial charge in [-0.2, -0.15) is 0 Å². The van der Waals surface area contributed by atoms with Gasteiger partial charge in [-0.15, -0.1) is 0 Å². The Morgan fingerprint density at radius 2 is 1.90 bits per heavy atom. The van der Waals surface area contributed by atoms with Gasteiger partial charge in [0.15, 0.2) is 0 Å². The van der Waals surface area contributed by atoms with E-state index in [9.17, 15) is 0 Å². The van der Waals surface area contributed by atoms with Crippen molar-refractivity contribution in [3.05, 3.63) is 30.3 Å². The van der Waals surface area contributed by atoms with Crippen molar-refractivity contribution in [2.24, 2.45) is 0 Å². The molecule has 2 radical (unpaired) electrons. The Labute approximate surface area is 74.5 Å². The molecule has 0 heterocycles. The van der Waals surface area contributed by atoms with Crippen LogP contribution in [0.5, 0.6) is 5.75 Å². The normalized spacial score (nSPS) is 9.30. The molecule has 1 aromatic carbocycles. The minimum absolute atomic E-state index is 0.867. The zero-order valence-corrected chi connectivity index (χ0v) is 9.08. The van der Waals surface area contributed by atoms with Crippen LogP contribution in [-0.2, 0) is 0 Å². The number of benzene rings is 1. The van der Waals surface area contributed by atoms with Gasteiger partial charge in [0, 0.05) is 0 Å². The maximum atomic E-state index is 5.39. The van der Waals surface area contributed by atoms with Crippen molar-refractivity contribution >= 4 is 22.5 Å². The van der Waals surface area contributed by atoms with Gasteiger partial charge in [0.25, 0.3) is 0 Å². The fraction of sp³-hybridized carbons (Fsp3) is 0.250. The van der Waals surface area contributed by atoms with Crippen LogP contribution in [0.25, 0.3) is 0 Å². The SMILES string of the molecule is [SnH][CH2]COc1ccccc1. The Hall–Kier alpha value is -0.181. The Kier molecular flexibility index (Phi) is 3.65. The molecule has 2 heteroatoms. The molecule has 0 aliphatic carbocycles. The first kappa shape index (κ1) is 7.92. The summed E-state index contributed by atoms with van der Waals surface area (Å²) in [6.07, 6.45) is 0. The van der Waals surface area contributed by atoms with Crippen molar-refractivity contribution < 1.29 is 4.74 Å². The average Bonchev–Trinajstić information content (AvgIpc) is 2.03. The number of rotatable bonds is 3. The molecule has 1 rings (SSSR count). The van der Waals surface area contributed by atoms with Crippen LogP contribution in [0, 0.1) is 0 Å². The molecule has 52 valence electrons. The van der Waals surface area contributed by atoms with E-state index in [0.717, 1.165) is 12.4 Å². The molecule has 0 unspecified atom stereocenters. The maximum absolute atomic E-state index is 5.39. The van der Waals surface area contributed by atoms with Crippen molar-refractivity contribution in [3.8, 4) is 5.75 Å². The summed E-state index contributed by atoms with van der Waals surface area (Å²) in [6.45, 7) is 0.867. The van der Waals surface area contributed by atoms with Crippen LogP contribution in [0.3, 0.4) is 0 Å². The summed E-state index contributed by atoms with van der Waals surface area (Å²) >= 11 is 1.28. The molecule has 0 aromatic heterocycles. The zero-order valence-electron chi connectivity index (χ0n) is 5.79. The molecular weight excluding hydrogens is 231 g/mol. The summed E-state index contributed by atoms with van der Waals surface area (Å²) in [7, 11) is 0. The number of hydrogen-bond acceptors (Lipinski definition) is 1. The monoisotopic (exact) mass is 242 g/mol. The third-order valence-electron chi connectivity index (χ3n) is 1.13. The first-order valence-corrected chi connectivity index (χ1v) is 5.64. The van der Waals surface area contributed by atoms with E-state index < -0.39 is 0 Å². The van der Waals surface area contributed by atoms with Crippen LogP contribution in [-0.4, -0.2) is 29.1 Å². The molecular formula is C8H10OSn. The fourth-order valence-electron chi connectivity index (χ4n) is 0.693. The van der Waals surface area contributed by atoms with E-state index in [2.05, 4.69) is 0 Å². The molecule has 0 aliphatic rings. The minimum atomic E-state index is 0.867. The first-order chi connectivity index (χ1) is 4.93. The van der Waals surface area contributed by atoms with E-state index in [-0.39, 0.29) is 0 Å². The second-order valence-electron chi connectivity index (χ2n) is 1.95. The van der Waals surface area contributed by atoms with Crippen LogP contribution in [0.4, 0.5) is 0 Å². The average molecular weight is 241 g/mol. The van der Waals surface area contributed by atoms with Crippen LogP contribution < -0.4 is 4.74 Å². The second kappa shape index (κ2) is 4.61. The van der Waals surface area contributed by atoms with Gasteiger partial charge in [-0.05, 0) is 0 Å². The van der Waals surface area contributed by atoms with E-state index in [1.807, 2.05) is 30.3 Å². The molecule has 0 amide bonds. The summed E-state index contributed by atoms with van der Waals surface area (Å²) in [5, 5.41) is 0. The molecule has 0 spiro atoms. The first-order valence-electron chi connectivity index (χ1n) is 3.31. The van der Waals surface area contributed by atoms with Crippen molar-refractivity contribution in [3.63, 3.8) is 0 Å². The second-order valence-corrected chi connectivity index (χ2v) is 3.60. The molecule has 0 bridgehead atoms. The predicted molar refractivity (Wildman–Crippen MR) is 43.9 cm³/mol. The van der Waals surface area contributed by atoms with Crippen molar-refractivity contribution in [2.45, 2.75) is 4.44 Å². The van der Waals surface area contributed by atoms with Crippen LogP contribution in [0.1, 0.15) is 0 Å². The molecule has 0 aliphatic heterocycles. The van der Waals surface area contributed by atoms with Gasteiger partial charge in [-0.25, -0.2) is 0 Å². The van der Waals surface area contributed by atoms with E-state index in [1.54, 1.807) is 0 Å². The molecule has 1 nitrogen and oxygen atoms in total. The molecule has 0 atom stereocenters. The van der Waals surface area contributed by atoms with Crippen molar-refractivity contribution in [1.82, 2.24) is 0 Å². The predicted octanol–water partition coefficient (Wildman–Crippen LogP) is 1.38. The standard InChI is InChI=1S/C8H9O.Sn.H/c1-2-9-8-6-4-3-5-7-8;;/h3-7H,1-2H2;;. The Morgan fingerprint density at radius 3 is 2.50 bits per heavy atom. The van der Waals surface area contributed by atoms with Crippen molar-refractivity contribution in [2.75, 3.05) is 6.61 Å². The van der Waals surface area contributed by atoms with E-state index >= 15 is 0 Å². The van der Waals surface area contributed by atoms with Crippen LogP contribution in [0.15, 0.2) is 30.3 Å². The van der Waals surface area contributed by atoms with Gasteiger partial charge in [-0.1, -0.05) is 0 Å². The molecule has 1 aromatic rings. The number of hydrogen-bond donors (Lipinski definition) is 0. The van der Waals surface area contributed by atoms with Gasteiger partial charge >= 0.3 is 74.4 Å². The topological polar surface area (TPSA) is 9.23 Å². The Balaban J connectivity index is 2.43. The van der Waals surface area contributed by atoms with Gasteiger partial charge in [0.2, 0.25) is 0 Å². The molecule has 0 fully saturated rings. The van der Waals surface area contributed by atoms with Crippen molar-refractivity contribution in [1.29, 1.82) is 0 Å². The number of para-hydroxylation sites is 1. The molecule has 10 heavy (non-hydrogen) atoms. The third kappa shape index (κ3) is 2.60. The Bertz CT molecular complexity index is 174. The molecule has 0 saturated carbocycles. The van der Waals surface area contributed by atoms with Gasteiger partial charge in [0.1, 0.15) is 0 Å². The summed E-state index contributed by atoms with van der Waals surface area (Å²) in [6, 6.07) is 9.93. The fourth-order valence-corrected chi connectivity index (χ4v) is 1.03. The van der Waals surface area contributed by atoms with Crippen LogP contribution in [0.2, 0.25) is 4.44 Å². The van der Waals surface area contributed by atoms with Crippen LogP contribution >= 0.6 is 0 Å².